The zero-order valence-electron chi connectivity index (χ0n) is 39.1. The normalized spacial score (nSPS) is 13.0. The summed E-state index contributed by atoms with van der Waals surface area (Å²) < 4.78 is 101. The predicted octanol–water partition coefficient (Wildman–Crippen LogP) is 10.5. The number of hydrogen-bond acceptors (Lipinski definition) is 9. The lowest BCUT2D eigenvalue weighted by Gasteiger charge is -2.30. The zero-order valence-corrected chi connectivity index (χ0v) is 41.4. The van der Waals surface area contributed by atoms with Crippen molar-refractivity contribution in [1.82, 2.24) is 23.4 Å². The van der Waals surface area contributed by atoms with Crippen LogP contribution < -0.4 is 31.0 Å². The molecule has 10 rings (SSSR count). The molecular formula is C53H45Cl2F4N7O6S. The molecule has 73 heavy (non-hydrogen) atoms. The Morgan fingerprint density at radius 3 is 1.62 bits per heavy atom. The maximum absolute atomic E-state index is 15.4. The zero-order chi connectivity index (χ0) is 52.0. The molecular weight excluding hydrogens is 1010 g/mol. The van der Waals surface area contributed by atoms with E-state index in [0.29, 0.717) is 34.1 Å². The van der Waals surface area contributed by atoms with Crippen LogP contribution in [0.15, 0.2) is 143 Å². The summed E-state index contributed by atoms with van der Waals surface area (Å²) in [5.74, 6) is -1.23. The monoisotopic (exact) mass is 1050 g/mol. The highest BCUT2D eigenvalue weighted by Crippen LogP contribution is 2.37. The smallest absolute Gasteiger partial charge is 0.303 e. The van der Waals surface area contributed by atoms with Crippen molar-refractivity contribution in [2.45, 2.75) is 38.6 Å². The fraction of sp³-hybridized carbons (Fsp3) is 0.170. The predicted molar refractivity (Wildman–Crippen MR) is 274 cm³/mol. The van der Waals surface area contributed by atoms with Crippen LogP contribution in [0.3, 0.4) is 0 Å². The van der Waals surface area contributed by atoms with Crippen LogP contribution in [0, 0.1) is 23.3 Å². The van der Waals surface area contributed by atoms with Crippen LogP contribution in [0.4, 0.5) is 29.2 Å². The minimum absolute atomic E-state index is 0.0115. The number of benzene rings is 4. The van der Waals surface area contributed by atoms with Gasteiger partial charge in [-0.1, -0.05) is 47.5 Å². The highest BCUT2D eigenvalue weighted by atomic mass is 35.5. The summed E-state index contributed by atoms with van der Waals surface area (Å²) in [6.07, 6.45) is 6.99. The van der Waals surface area contributed by atoms with Gasteiger partial charge in [-0.2, -0.15) is 12.7 Å². The van der Waals surface area contributed by atoms with Gasteiger partial charge in [0, 0.05) is 88.7 Å². The largest absolute Gasteiger partial charge is 0.495 e. The van der Waals surface area contributed by atoms with Crippen molar-refractivity contribution in [3.05, 3.63) is 210 Å². The standard InChI is InChI=1S/C26H21ClF2N4O4S.C22H18ClF2NO2.C5H6N2/c1-37-24-13-20(17-10-18(27)12-19(28)11-17)21(29)14-23(24)33-22-7-9-32(15-16(22)5-6-26(33)34)38(35,36)31-25-4-2-3-8-30-25;1-28-21-11-17(14-8-15(23)10-16(24)9-14)18(25)12-20(21)26-19-5-3-2-4-13(19)6-7-22(26)27;6-5-3-1-2-4-7-5/h2-6,8,10-14H,7,9,15H2,1H3,(H,30,31);6-12H,2-5H2,1H3;1-4H,(H2,6,7). The molecule has 0 radical (unpaired) electrons. The van der Waals surface area contributed by atoms with E-state index in [4.69, 9.17) is 38.4 Å². The van der Waals surface area contributed by atoms with Crippen molar-refractivity contribution in [3.63, 3.8) is 0 Å². The number of nitrogens with one attached hydrogen (secondary N) is 1. The van der Waals surface area contributed by atoms with Crippen LogP contribution in [0.2, 0.25) is 10.0 Å². The van der Waals surface area contributed by atoms with Gasteiger partial charge in [0.05, 0.1) is 25.6 Å². The molecule has 20 heteroatoms. The van der Waals surface area contributed by atoms with E-state index in [9.17, 15) is 26.8 Å². The van der Waals surface area contributed by atoms with Crippen molar-refractivity contribution in [2.24, 2.45) is 0 Å². The van der Waals surface area contributed by atoms with Gasteiger partial charge in [0.15, 0.2) is 0 Å². The lowest BCUT2D eigenvalue weighted by molar-refractivity contribution is 0.385. The maximum Gasteiger partial charge on any atom is 0.303 e. The molecule has 0 saturated heterocycles. The fourth-order valence-electron chi connectivity index (χ4n) is 8.61. The second-order valence-electron chi connectivity index (χ2n) is 16.6. The van der Waals surface area contributed by atoms with Gasteiger partial charge in [-0.25, -0.2) is 27.5 Å². The average molecular weight is 1050 g/mol. The van der Waals surface area contributed by atoms with E-state index in [0.717, 1.165) is 61.2 Å². The summed E-state index contributed by atoms with van der Waals surface area (Å²) in [5.41, 5.74) is 8.84. The number of aryl methyl sites for hydroxylation is 1. The van der Waals surface area contributed by atoms with E-state index in [1.54, 1.807) is 30.5 Å². The van der Waals surface area contributed by atoms with E-state index < -0.39 is 39.0 Å². The first-order valence-corrected chi connectivity index (χ1v) is 24.7. The first kappa shape index (κ1) is 51.8. The van der Waals surface area contributed by atoms with Gasteiger partial charge in [-0.3, -0.25) is 23.4 Å². The van der Waals surface area contributed by atoms with Gasteiger partial charge in [-0.05, 0) is 121 Å². The Hall–Kier alpha value is -7.51. The molecule has 0 fully saturated rings. The van der Waals surface area contributed by atoms with E-state index in [1.165, 1.54) is 88.5 Å². The highest BCUT2D eigenvalue weighted by molar-refractivity contribution is 7.90. The Balaban J connectivity index is 0.000000177. The number of pyridine rings is 4. The minimum atomic E-state index is -3.92. The second-order valence-corrected chi connectivity index (χ2v) is 19.2. The number of fused-ring (bicyclic) bond motifs is 2. The Bertz CT molecular complexity index is 3530. The highest BCUT2D eigenvalue weighted by Gasteiger charge is 2.30. The molecule has 0 unspecified atom stereocenters. The first-order chi connectivity index (χ1) is 35.0. The molecule has 0 atom stereocenters. The molecule has 8 aromatic rings. The molecule has 4 aromatic carbocycles. The molecule has 5 heterocycles. The summed E-state index contributed by atoms with van der Waals surface area (Å²) >= 11 is 11.9. The molecule has 3 N–H and O–H groups in total. The molecule has 376 valence electrons. The number of rotatable bonds is 9. The third kappa shape index (κ3) is 11.9. The lowest BCUT2D eigenvalue weighted by atomic mass is 9.95. The van der Waals surface area contributed by atoms with Crippen molar-refractivity contribution in [3.8, 4) is 45.1 Å². The second kappa shape index (κ2) is 22.5. The van der Waals surface area contributed by atoms with Crippen LogP contribution in [0.1, 0.15) is 35.4 Å². The van der Waals surface area contributed by atoms with Crippen molar-refractivity contribution < 1.29 is 35.5 Å². The number of nitrogens with zero attached hydrogens (tertiary/aromatic N) is 5. The third-order valence-electron chi connectivity index (χ3n) is 11.9. The molecule has 0 amide bonds. The third-order valence-corrected chi connectivity index (χ3v) is 13.8. The Labute approximate surface area is 427 Å². The van der Waals surface area contributed by atoms with E-state index in [2.05, 4.69) is 14.7 Å². The number of ether oxygens (including phenoxy) is 2. The molecule has 13 nitrogen and oxygen atoms in total. The molecule has 1 aliphatic heterocycles. The molecule has 0 spiro atoms. The summed E-state index contributed by atoms with van der Waals surface area (Å²) in [4.78, 5) is 33.4. The van der Waals surface area contributed by atoms with Crippen LogP contribution in [-0.4, -0.2) is 52.6 Å². The Kier molecular flexibility index (Phi) is 16.0. The fourth-order valence-corrected chi connectivity index (χ4v) is 10.2. The van der Waals surface area contributed by atoms with Gasteiger partial charge >= 0.3 is 10.2 Å². The number of nitrogens with two attached hydrogens (primary N) is 1. The number of aromatic nitrogens is 4. The van der Waals surface area contributed by atoms with Crippen molar-refractivity contribution >= 4 is 45.0 Å². The van der Waals surface area contributed by atoms with Crippen LogP contribution >= 0.6 is 23.2 Å². The Morgan fingerprint density at radius 2 is 1.14 bits per heavy atom. The average Bonchev–Trinajstić information content (AvgIpc) is 3.36. The maximum atomic E-state index is 15.4. The van der Waals surface area contributed by atoms with Gasteiger partial charge in [0.2, 0.25) is 0 Å². The summed E-state index contributed by atoms with van der Waals surface area (Å²) in [7, 11) is -1.09. The van der Waals surface area contributed by atoms with Crippen molar-refractivity contribution in [2.75, 3.05) is 31.2 Å². The number of anilines is 2. The van der Waals surface area contributed by atoms with E-state index in [-0.39, 0.29) is 69.1 Å². The quantitative estimate of drug-likeness (QED) is 0.134. The van der Waals surface area contributed by atoms with Gasteiger partial charge in [0.25, 0.3) is 11.1 Å². The van der Waals surface area contributed by atoms with E-state index in [1.807, 2.05) is 18.2 Å². The number of methoxy groups -OCH3 is 2. The van der Waals surface area contributed by atoms with Crippen LogP contribution in [0.25, 0.3) is 33.6 Å². The number of nitrogen functional groups attached to an aromatic ring is 1. The Morgan fingerprint density at radius 1 is 0.616 bits per heavy atom. The van der Waals surface area contributed by atoms with Gasteiger partial charge in [0.1, 0.15) is 46.4 Å². The van der Waals surface area contributed by atoms with Crippen LogP contribution in [0.5, 0.6) is 11.5 Å². The minimum Gasteiger partial charge on any atom is -0.495 e. The van der Waals surface area contributed by atoms with Gasteiger partial charge in [-0.15, -0.1) is 0 Å². The summed E-state index contributed by atoms with van der Waals surface area (Å²) in [5, 5.41) is 0.277. The van der Waals surface area contributed by atoms with Gasteiger partial charge < -0.3 is 15.2 Å². The first-order valence-electron chi connectivity index (χ1n) is 22.5. The van der Waals surface area contributed by atoms with Crippen LogP contribution in [-0.2, 0) is 36.0 Å². The van der Waals surface area contributed by atoms with Crippen molar-refractivity contribution in [1.29, 1.82) is 0 Å². The molecule has 1 aliphatic carbocycles. The SMILES string of the molecule is COc1cc(-c2cc(F)cc(Cl)c2)c(F)cc1-n1c2c(ccc1=O)CCCC2.COc1cc(-c2cc(F)cc(Cl)c2)c(F)cc1-n1c2c(ccc1=O)CN(S(=O)(=O)Nc1ccccn1)CC2.Nc1ccccn1. The topological polar surface area (TPSA) is 164 Å². The molecule has 2 aliphatic rings. The number of halogens is 6. The molecule has 0 bridgehead atoms. The molecule has 0 saturated carbocycles. The van der Waals surface area contributed by atoms with E-state index >= 15 is 8.78 Å². The summed E-state index contributed by atoms with van der Waals surface area (Å²) in [6.45, 7) is 0.0613. The lowest BCUT2D eigenvalue weighted by Crippen LogP contribution is -2.41. The number of hydrogen-bond donors (Lipinski definition) is 2. The summed E-state index contributed by atoms with van der Waals surface area (Å²) in [6, 6.07) is 29.3. The molecule has 4 aromatic heterocycles.